The first-order valence-corrected chi connectivity index (χ1v) is 9.37. The lowest BCUT2D eigenvalue weighted by molar-refractivity contribution is 0.589. The van der Waals surface area contributed by atoms with Crippen LogP contribution in [0, 0.1) is 23.0 Å². The van der Waals surface area contributed by atoms with Crippen molar-refractivity contribution in [2.75, 3.05) is 0 Å². The van der Waals surface area contributed by atoms with Crippen LogP contribution in [0.4, 0.5) is 8.78 Å². The predicted molar refractivity (Wildman–Crippen MR) is 98.3 cm³/mol. The maximum absolute atomic E-state index is 13.7. The van der Waals surface area contributed by atoms with Crippen LogP contribution in [0.1, 0.15) is 16.7 Å². The molecule has 3 nitrogen and oxygen atoms in total. The van der Waals surface area contributed by atoms with Crippen molar-refractivity contribution in [2.45, 2.75) is 9.79 Å². The van der Waals surface area contributed by atoms with Crippen molar-refractivity contribution >= 4 is 22.0 Å². The molecule has 0 saturated carbocycles. The van der Waals surface area contributed by atoms with Gasteiger partial charge in [0.1, 0.15) is 23.3 Å². The normalized spacial score (nSPS) is 11.4. The molecule has 6 heteroatoms. The molecule has 134 valence electrons. The second-order valence-electron chi connectivity index (χ2n) is 5.68. The Balaban J connectivity index is 1.90. The van der Waals surface area contributed by atoms with Gasteiger partial charge in [0.25, 0.3) is 0 Å². The summed E-state index contributed by atoms with van der Waals surface area (Å²) in [6.07, 6.45) is 3.52. The Hall–Kier alpha value is -3.30. The lowest BCUT2D eigenvalue weighted by atomic mass is 10.1. The minimum Gasteiger partial charge on any atom is -0.218 e. The van der Waals surface area contributed by atoms with Crippen molar-refractivity contribution in [3.8, 4) is 6.07 Å². The highest BCUT2D eigenvalue weighted by atomic mass is 32.2. The van der Waals surface area contributed by atoms with E-state index in [9.17, 15) is 17.2 Å². The summed E-state index contributed by atoms with van der Waals surface area (Å²) >= 11 is 0. The molecule has 0 heterocycles. The number of rotatable bonds is 4. The van der Waals surface area contributed by atoms with Crippen LogP contribution >= 0.6 is 0 Å². The van der Waals surface area contributed by atoms with E-state index in [1.165, 1.54) is 36.4 Å². The highest BCUT2D eigenvalue weighted by Gasteiger charge is 2.23. The standard InChI is InChI=1S/C21H13F2NO2S/c22-17-10-6-15(7-11-17)4-5-16-8-12-18(13-9-16)27(25,26)21-3-1-2-20(23)19(21)14-24/h1-13H/b5-4+. The molecular formula is C21H13F2NO2S. The van der Waals surface area contributed by atoms with E-state index in [-0.39, 0.29) is 15.6 Å². The zero-order valence-electron chi connectivity index (χ0n) is 13.9. The van der Waals surface area contributed by atoms with Crippen LogP contribution < -0.4 is 0 Å². The van der Waals surface area contributed by atoms with Crippen molar-refractivity contribution in [1.82, 2.24) is 0 Å². The lowest BCUT2D eigenvalue weighted by Crippen LogP contribution is -2.05. The predicted octanol–water partition coefficient (Wildman–Crippen LogP) is 4.84. The van der Waals surface area contributed by atoms with Crippen molar-refractivity contribution in [3.05, 3.63) is 95.1 Å². The maximum atomic E-state index is 13.7. The summed E-state index contributed by atoms with van der Waals surface area (Å²) in [6, 6.07) is 17.0. The Kier molecular flexibility index (Phi) is 5.15. The third-order valence-corrected chi connectivity index (χ3v) is 5.72. The number of hydrogen-bond acceptors (Lipinski definition) is 3. The zero-order chi connectivity index (χ0) is 19.4. The van der Waals surface area contributed by atoms with Crippen LogP contribution in [0.3, 0.4) is 0 Å². The quantitative estimate of drug-likeness (QED) is 0.608. The molecular weight excluding hydrogens is 368 g/mol. The third-order valence-electron chi connectivity index (χ3n) is 3.91. The molecule has 3 rings (SSSR count). The lowest BCUT2D eigenvalue weighted by Gasteiger charge is -2.07. The number of halogens is 2. The Morgan fingerprint density at radius 3 is 1.93 bits per heavy atom. The first-order chi connectivity index (χ1) is 12.9. The van der Waals surface area contributed by atoms with Gasteiger partial charge < -0.3 is 0 Å². The summed E-state index contributed by atoms with van der Waals surface area (Å²) in [5.41, 5.74) is 1.03. The second kappa shape index (κ2) is 7.52. The molecule has 0 aliphatic heterocycles. The Bertz CT molecular complexity index is 1140. The minimum atomic E-state index is -4.02. The summed E-state index contributed by atoms with van der Waals surface area (Å²) in [5, 5.41) is 9.06. The number of nitrogens with zero attached hydrogens (tertiary/aromatic N) is 1. The van der Waals surface area contributed by atoms with Gasteiger partial charge in [0.2, 0.25) is 9.84 Å². The van der Waals surface area contributed by atoms with E-state index in [0.717, 1.165) is 17.2 Å². The largest absolute Gasteiger partial charge is 0.218 e. The third kappa shape index (κ3) is 3.94. The molecule has 0 aliphatic carbocycles. The summed E-state index contributed by atoms with van der Waals surface area (Å²) in [4.78, 5) is -0.400. The molecule has 3 aromatic rings. The van der Waals surface area contributed by atoms with Crippen LogP contribution in [-0.4, -0.2) is 8.42 Å². The molecule has 27 heavy (non-hydrogen) atoms. The van der Waals surface area contributed by atoms with E-state index in [1.807, 2.05) is 0 Å². The Morgan fingerprint density at radius 2 is 1.37 bits per heavy atom. The van der Waals surface area contributed by atoms with E-state index in [1.54, 1.807) is 42.5 Å². The van der Waals surface area contributed by atoms with Gasteiger partial charge in [-0.2, -0.15) is 5.26 Å². The summed E-state index contributed by atoms with van der Waals surface area (Å²) in [7, 11) is -4.02. The van der Waals surface area contributed by atoms with Gasteiger partial charge in [-0.25, -0.2) is 17.2 Å². The van der Waals surface area contributed by atoms with E-state index < -0.39 is 21.2 Å². The van der Waals surface area contributed by atoms with Gasteiger partial charge >= 0.3 is 0 Å². The average Bonchev–Trinajstić information content (AvgIpc) is 2.67. The molecule has 0 aliphatic rings. The Morgan fingerprint density at radius 1 is 0.815 bits per heavy atom. The van der Waals surface area contributed by atoms with Crippen molar-refractivity contribution in [1.29, 1.82) is 5.26 Å². The highest BCUT2D eigenvalue weighted by molar-refractivity contribution is 7.91. The van der Waals surface area contributed by atoms with E-state index in [0.29, 0.717) is 0 Å². The zero-order valence-corrected chi connectivity index (χ0v) is 14.7. The van der Waals surface area contributed by atoms with Crippen LogP contribution in [0.25, 0.3) is 12.2 Å². The number of benzene rings is 3. The van der Waals surface area contributed by atoms with Gasteiger partial charge in [-0.15, -0.1) is 0 Å². The molecule has 0 unspecified atom stereocenters. The molecule has 0 aromatic heterocycles. The van der Waals surface area contributed by atoms with Crippen LogP contribution in [0.5, 0.6) is 0 Å². The molecule has 0 atom stereocenters. The molecule has 0 radical (unpaired) electrons. The molecule has 0 amide bonds. The maximum Gasteiger partial charge on any atom is 0.208 e. The van der Waals surface area contributed by atoms with Crippen LogP contribution in [-0.2, 0) is 9.84 Å². The van der Waals surface area contributed by atoms with Gasteiger partial charge in [0.15, 0.2) is 0 Å². The van der Waals surface area contributed by atoms with Gasteiger partial charge in [0.05, 0.1) is 9.79 Å². The fraction of sp³-hybridized carbons (Fsp3) is 0. The number of hydrogen-bond donors (Lipinski definition) is 0. The van der Waals surface area contributed by atoms with Gasteiger partial charge in [-0.05, 0) is 47.5 Å². The first kappa shape index (κ1) is 18.5. The molecule has 0 spiro atoms. The van der Waals surface area contributed by atoms with E-state index >= 15 is 0 Å². The van der Waals surface area contributed by atoms with Crippen molar-refractivity contribution in [3.63, 3.8) is 0 Å². The van der Waals surface area contributed by atoms with E-state index in [2.05, 4.69) is 0 Å². The second-order valence-corrected chi connectivity index (χ2v) is 7.60. The van der Waals surface area contributed by atoms with Gasteiger partial charge in [-0.1, -0.05) is 42.5 Å². The summed E-state index contributed by atoms with van der Waals surface area (Å²) in [5.74, 6) is -1.20. The van der Waals surface area contributed by atoms with E-state index in [4.69, 9.17) is 5.26 Å². The summed E-state index contributed by atoms with van der Waals surface area (Å²) < 4.78 is 52.1. The smallest absolute Gasteiger partial charge is 0.208 e. The minimum absolute atomic E-state index is 0.0384. The molecule has 0 bridgehead atoms. The topological polar surface area (TPSA) is 57.9 Å². The van der Waals surface area contributed by atoms with Gasteiger partial charge in [0, 0.05) is 0 Å². The summed E-state index contributed by atoms with van der Waals surface area (Å²) in [6.45, 7) is 0. The van der Waals surface area contributed by atoms with Crippen molar-refractivity contribution in [2.24, 2.45) is 0 Å². The fourth-order valence-corrected chi connectivity index (χ4v) is 3.91. The monoisotopic (exact) mass is 381 g/mol. The first-order valence-electron chi connectivity index (χ1n) is 7.89. The number of nitriles is 1. The molecule has 3 aromatic carbocycles. The van der Waals surface area contributed by atoms with Gasteiger partial charge in [-0.3, -0.25) is 0 Å². The molecule has 0 fully saturated rings. The highest BCUT2D eigenvalue weighted by Crippen LogP contribution is 2.26. The van der Waals surface area contributed by atoms with Crippen molar-refractivity contribution < 1.29 is 17.2 Å². The SMILES string of the molecule is N#Cc1c(F)cccc1S(=O)(=O)c1ccc(/C=C/c2ccc(F)cc2)cc1. The van der Waals surface area contributed by atoms with Crippen LogP contribution in [0.2, 0.25) is 0 Å². The number of sulfone groups is 1. The fourth-order valence-electron chi connectivity index (χ4n) is 2.49. The average molecular weight is 381 g/mol. The van der Waals surface area contributed by atoms with Crippen LogP contribution in [0.15, 0.2) is 76.5 Å². The molecule has 0 saturated heterocycles. The molecule has 0 N–H and O–H groups in total. The Labute approximate surface area is 155 Å².